The zero-order valence-electron chi connectivity index (χ0n) is 10.4. The number of likely N-dealkylation sites (N-methyl/N-ethyl adjacent to an activating group) is 1. The molecule has 0 radical (unpaired) electrons. The summed E-state index contributed by atoms with van der Waals surface area (Å²) >= 11 is 0. The first-order valence-electron chi connectivity index (χ1n) is 5.26. The molecule has 0 saturated carbocycles. The predicted molar refractivity (Wildman–Crippen MR) is 70.8 cm³/mol. The van der Waals surface area contributed by atoms with E-state index < -0.39 is 16.0 Å². The van der Waals surface area contributed by atoms with Crippen LogP contribution < -0.4 is 16.4 Å². The van der Waals surface area contributed by atoms with E-state index in [1.165, 1.54) is 19.2 Å². The number of nitrogens with two attached hydrogens (primary N) is 1. The van der Waals surface area contributed by atoms with Crippen molar-refractivity contribution in [2.24, 2.45) is 5.73 Å². The highest BCUT2D eigenvalue weighted by Gasteiger charge is 2.13. The molecule has 0 aromatic heterocycles. The van der Waals surface area contributed by atoms with Crippen LogP contribution in [0.3, 0.4) is 0 Å². The Bertz CT molecular complexity index is 686. The van der Waals surface area contributed by atoms with Gasteiger partial charge in [-0.05, 0) is 24.3 Å². The average molecular weight is 296 g/mol. The molecule has 1 amide bonds. The molecule has 0 atom stereocenters. The largest absolute Gasteiger partial charge is 0.384 e. The van der Waals surface area contributed by atoms with Crippen molar-refractivity contribution in [1.82, 2.24) is 5.32 Å². The second-order valence-corrected chi connectivity index (χ2v) is 5.03. The fourth-order valence-corrected chi connectivity index (χ4v) is 1.77. The number of benzene rings is 1. The summed E-state index contributed by atoms with van der Waals surface area (Å²) in [6, 6.07) is 6.61. The molecule has 0 bridgehead atoms. The Balaban J connectivity index is 3.03. The molecule has 106 valence electrons. The van der Waals surface area contributed by atoms with Crippen LogP contribution >= 0.6 is 0 Å². The van der Waals surface area contributed by atoms with Gasteiger partial charge < -0.3 is 16.4 Å². The summed E-state index contributed by atoms with van der Waals surface area (Å²) in [5.74, 6) is -0.821. The Hall–Kier alpha value is -2.57. The zero-order chi connectivity index (χ0) is 15.3. The first-order valence-corrected chi connectivity index (χ1v) is 6.70. The normalized spacial score (nSPS) is 12.1. The van der Waals surface area contributed by atoms with Crippen LogP contribution in [-0.2, 0) is 14.9 Å². The van der Waals surface area contributed by atoms with Gasteiger partial charge in [-0.1, -0.05) is 0 Å². The molecule has 0 fully saturated rings. The lowest BCUT2D eigenvalue weighted by atomic mass is 10.2. The molecule has 0 saturated heterocycles. The van der Waals surface area contributed by atoms with Crippen LogP contribution in [-0.4, -0.2) is 25.9 Å². The molecule has 0 aliphatic carbocycles. The van der Waals surface area contributed by atoms with Gasteiger partial charge in [0.15, 0.2) is 5.57 Å². The average Bonchev–Trinajstić information content (AvgIpc) is 2.38. The summed E-state index contributed by atoms with van der Waals surface area (Å²) in [4.78, 5) is 11.1. The van der Waals surface area contributed by atoms with Gasteiger partial charge in [-0.3, -0.25) is 9.35 Å². The first-order chi connectivity index (χ1) is 9.29. The number of carbonyl (C=O) groups is 1. The molecule has 0 unspecified atom stereocenters. The van der Waals surface area contributed by atoms with Gasteiger partial charge in [0, 0.05) is 12.7 Å². The lowest BCUT2D eigenvalue weighted by Crippen LogP contribution is -2.25. The summed E-state index contributed by atoms with van der Waals surface area (Å²) in [6.45, 7) is 0. The van der Waals surface area contributed by atoms with Crippen molar-refractivity contribution in [1.29, 1.82) is 5.26 Å². The third-order valence-corrected chi connectivity index (χ3v) is 3.13. The van der Waals surface area contributed by atoms with E-state index in [0.29, 0.717) is 5.69 Å². The highest BCUT2D eigenvalue weighted by atomic mass is 32.2. The molecule has 0 heterocycles. The summed E-state index contributed by atoms with van der Waals surface area (Å²) in [7, 11) is -2.92. The van der Waals surface area contributed by atoms with Crippen LogP contribution in [0.25, 0.3) is 0 Å². The minimum atomic E-state index is -4.27. The third kappa shape index (κ3) is 3.71. The number of nitriles is 1. The maximum Gasteiger partial charge on any atom is 0.294 e. The fourth-order valence-electron chi connectivity index (χ4n) is 1.29. The van der Waals surface area contributed by atoms with Gasteiger partial charge in [-0.15, -0.1) is 0 Å². The number of amides is 1. The van der Waals surface area contributed by atoms with Crippen molar-refractivity contribution in [3.63, 3.8) is 0 Å². The highest BCUT2D eigenvalue weighted by Crippen LogP contribution is 2.15. The van der Waals surface area contributed by atoms with Crippen molar-refractivity contribution in [2.45, 2.75) is 4.90 Å². The number of hydrogen-bond donors (Lipinski definition) is 4. The second-order valence-electron chi connectivity index (χ2n) is 3.60. The van der Waals surface area contributed by atoms with Gasteiger partial charge in [0.05, 0.1) is 4.90 Å². The second kappa shape index (κ2) is 6.05. The number of nitrogens with zero attached hydrogens (tertiary/aromatic N) is 1. The van der Waals surface area contributed by atoms with E-state index in [1.807, 2.05) is 0 Å². The molecule has 5 N–H and O–H groups in total. The standard InChI is InChI=1S/C11H12N4O4S/c1-14-11(16)9(6-12)10(13)15-7-2-4-8(5-3-7)20(17,18)19/h2-5,15H,13H2,1H3,(H,14,16)(H,17,18,19)/b10-9-. The highest BCUT2D eigenvalue weighted by molar-refractivity contribution is 7.85. The Morgan fingerprint density at radius 2 is 1.90 bits per heavy atom. The fraction of sp³-hybridized carbons (Fsp3) is 0.0909. The van der Waals surface area contributed by atoms with E-state index in [9.17, 15) is 13.2 Å². The van der Waals surface area contributed by atoms with Crippen molar-refractivity contribution in [3.8, 4) is 6.07 Å². The van der Waals surface area contributed by atoms with E-state index >= 15 is 0 Å². The quantitative estimate of drug-likeness (QED) is 0.341. The summed E-state index contributed by atoms with van der Waals surface area (Å²) < 4.78 is 30.5. The minimum Gasteiger partial charge on any atom is -0.384 e. The maximum absolute atomic E-state index is 11.3. The van der Waals surface area contributed by atoms with Crippen molar-refractivity contribution in [2.75, 3.05) is 12.4 Å². The van der Waals surface area contributed by atoms with Gasteiger partial charge in [0.1, 0.15) is 11.9 Å². The van der Waals surface area contributed by atoms with Crippen LogP contribution in [0, 0.1) is 11.3 Å². The minimum absolute atomic E-state index is 0.175. The van der Waals surface area contributed by atoms with Crippen LogP contribution in [0.15, 0.2) is 40.6 Å². The molecule has 1 rings (SSSR count). The van der Waals surface area contributed by atoms with Crippen LogP contribution in [0.4, 0.5) is 5.69 Å². The molecule has 0 aliphatic rings. The molecular formula is C11H12N4O4S. The number of carbonyl (C=O) groups excluding carboxylic acids is 1. The molecule has 1 aromatic carbocycles. The van der Waals surface area contributed by atoms with Crippen molar-refractivity contribution in [3.05, 3.63) is 35.7 Å². The Labute approximate surface area is 115 Å². The number of rotatable bonds is 4. The van der Waals surface area contributed by atoms with Crippen LogP contribution in [0.5, 0.6) is 0 Å². The number of hydrogen-bond acceptors (Lipinski definition) is 6. The first kappa shape index (κ1) is 15.5. The van der Waals surface area contributed by atoms with Crippen LogP contribution in [0.2, 0.25) is 0 Å². The molecule has 0 spiro atoms. The molecular weight excluding hydrogens is 284 g/mol. The third-order valence-electron chi connectivity index (χ3n) is 2.27. The molecule has 0 aliphatic heterocycles. The summed E-state index contributed by atoms with van der Waals surface area (Å²) in [6.07, 6.45) is 0. The smallest absolute Gasteiger partial charge is 0.294 e. The van der Waals surface area contributed by atoms with E-state index in [-0.39, 0.29) is 16.3 Å². The summed E-state index contributed by atoms with van der Waals surface area (Å²) in [5.41, 5.74) is 5.63. The van der Waals surface area contributed by atoms with Gasteiger partial charge in [0.25, 0.3) is 16.0 Å². The van der Waals surface area contributed by atoms with Crippen LogP contribution in [0.1, 0.15) is 0 Å². The van der Waals surface area contributed by atoms with Gasteiger partial charge in [-0.2, -0.15) is 13.7 Å². The number of nitrogens with one attached hydrogen (secondary N) is 2. The van der Waals surface area contributed by atoms with Gasteiger partial charge >= 0.3 is 0 Å². The van der Waals surface area contributed by atoms with E-state index in [2.05, 4.69) is 10.6 Å². The number of anilines is 1. The zero-order valence-corrected chi connectivity index (χ0v) is 11.2. The molecule has 8 nitrogen and oxygen atoms in total. The monoisotopic (exact) mass is 296 g/mol. The molecule has 20 heavy (non-hydrogen) atoms. The lowest BCUT2D eigenvalue weighted by molar-refractivity contribution is -0.116. The van der Waals surface area contributed by atoms with E-state index in [0.717, 1.165) is 12.1 Å². The predicted octanol–water partition coefficient (Wildman–Crippen LogP) is -0.215. The Kier molecular flexibility index (Phi) is 4.68. The van der Waals surface area contributed by atoms with Gasteiger partial charge in [-0.25, -0.2) is 0 Å². The molecule has 9 heteroatoms. The van der Waals surface area contributed by atoms with Gasteiger partial charge in [0.2, 0.25) is 0 Å². The Morgan fingerprint density at radius 1 is 1.35 bits per heavy atom. The van der Waals surface area contributed by atoms with E-state index in [1.54, 1.807) is 6.07 Å². The SMILES string of the molecule is CNC(=O)/C(C#N)=C(/N)Nc1ccc(S(=O)(=O)O)cc1. The summed E-state index contributed by atoms with van der Waals surface area (Å²) in [5, 5.41) is 13.7. The van der Waals surface area contributed by atoms with E-state index in [4.69, 9.17) is 15.5 Å². The van der Waals surface area contributed by atoms with Crippen molar-refractivity contribution < 1.29 is 17.8 Å². The molecule has 1 aromatic rings. The van der Waals surface area contributed by atoms with Crippen molar-refractivity contribution >= 4 is 21.7 Å². The topological polar surface area (TPSA) is 145 Å². The Morgan fingerprint density at radius 3 is 2.30 bits per heavy atom. The maximum atomic E-state index is 11.3. The lowest BCUT2D eigenvalue weighted by Gasteiger charge is -2.08.